The number of para-hydroxylation sites is 2. The zero-order valence-corrected chi connectivity index (χ0v) is 13.6. The molecule has 23 heavy (non-hydrogen) atoms. The first-order valence-electron chi connectivity index (χ1n) is 8.12. The molecule has 1 aromatic rings. The molecule has 1 aromatic carbocycles. The Kier molecular flexibility index (Phi) is 4.52. The van der Waals surface area contributed by atoms with Crippen molar-refractivity contribution in [2.24, 2.45) is 0 Å². The SMILES string of the molecule is CNC1CCCN(C(=O)CN2C(=O)C(C)Oc3ccccc32)C1. The van der Waals surface area contributed by atoms with E-state index in [1.54, 1.807) is 11.8 Å². The number of rotatable bonds is 3. The van der Waals surface area contributed by atoms with E-state index in [9.17, 15) is 9.59 Å². The van der Waals surface area contributed by atoms with Crippen molar-refractivity contribution >= 4 is 17.5 Å². The first kappa shape index (κ1) is 15.8. The molecule has 0 spiro atoms. The number of fused-ring (bicyclic) bond motifs is 1. The fourth-order valence-corrected chi connectivity index (χ4v) is 3.20. The van der Waals surface area contributed by atoms with E-state index in [1.807, 2.05) is 36.2 Å². The first-order valence-corrected chi connectivity index (χ1v) is 8.12. The summed E-state index contributed by atoms with van der Waals surface area (Å²) >= 11 is 0. The smallest absolute Gasteiger partial charge is 0.268 e. The maximum Gasteiger partial charge on any atom is 0.268 e. The Morgan fingerprint density at radius 3 is 2.96 bits per heavy atom. The molecule has 2 aliphatic heterocycles. The molecule has 0 aliphatic carbocycles. The lowest BCUT2D eigenvalue weighted by atomic mass is 10.1. The zero-order chi connectivity index (χ0) is 16.4. The minimum atomic E-state index is -0.566. The molecule has 1 N–H and O–H groups in total. The Morgan fingerprint density at radius 1 is 1.39 bits per heavy atom. The van der Waals surface area contributed by atoms with Crippen LogP contribution in [0.5, 0.6) is 5.75 Å². The zero-order valence-electron chi connectivity index (χ0n) is 13.6. The molecule has 2 unspecified atom stereocenters. The quantitative estimate of drug-likeness (QED) is 0.904. The van der Waals surface area contributed by atoms with Gasteiger partial charge in [-0.15, -0.1) is 0 Å². The minimum Gasteiger partial charge on any atom is -0.479 e. The maximum absolute atomic E-state index is 12.7. The van der Waals surface area contributed by atoms with Crippen LogP contribution in [-0.2, 0) is 9.59 Å². The molecule has 124 valence electrons. The van der Waals surface area contributed by atoms with Gasteiger partial charge in [-0.2, -0.15) is 0 Å². The largest absolute Gasteiger partial charge is 0.479 e. The Hall–Kier alpha value is -2.08. The van der Waals surface area contributed by atoms with Crippen LogP contribution >= 0.6 is 0 Å². The van der Waals surface area contributed by atoms with Crippen molar-refractivity contribution in [3.63, 3.8) is 0 Å². The molecule has 6 heteroatoms. The van der Waals surface area contributed by atoms with Gasteiger partial charge in [0.05, 0.1) is 5.69 Å². The average molecular weight is 317 g/mol. The Bertz CT molecular complexity index is 605. The van der Waals surface area contributed by atoms with Crippen LogP contribution < -0.4 is 15.0 Å². The molecule has 2 aliphatic rings. The van der Waals surface area contributed by atoms with Crippen molar-refractivity contribution in [3.05, 3.63) is 24.3 Å². The lowest BCUT2D eigenvalue weighted by Crippen LogP contribution is -2.53. The molecular formula is C17H23N3O3. The second-order valence-corrected chi connectivity index (χ2v) is 6.12. The third-order valence-corrected chi connectivity index (χ3v) is 4.55. The minimum absolute atomic E-state index is 0.0118. The molecule has 1 fully saturated rings. The highest BCUT2D eigenvalue weighted by Crippen LogP contribution is 2.33. The van der Waals surface area contributed by atoms with E-state index in [0.29, 0.717) is 24.0 Å². The lowest BCUT2D eigenvalue weighted by molar-refractivity contribution is -0.134. The van der Waals surface area contributed by atoms with E-state index >= 15 is 0 Å². The summed E-state index contributed by atoms with van der Waals surface area (Å²) in [7, 11) is 1.92. The van der Waals surface area contributed by atoms with Crippen molar-refractivity contribution < 1.29 is 14.3 Å². The van der Waals surface area contributed by atoms with Gasteiger partial charge in [0, 0.05) is 19.1 Å². The second-order valence-electron chi connectivity index (χ2n) is 6.12. The van der Waals surface area contributed by atoms with Crippen LogP contribution in [0, 0.1) is 0 Å². The fraction of sp³-hybridized carbons (Fsp3) is 0.529. The van der Waals surface area contributed by atoms with Gasteiger partial charge >= 0.3 is 0 Å². The standard InChI is InChI=1S/C17H23N3O3/c1-12-17(22)20(14-7-3-4-8-15(14)23-12)11-16(21)19-9-5-6-13(10-19)18-2/h3-4,7-8,12-13,18H,5-6,9-11H2,1-2H3. The average Bonchev–Trinajstić information content (AvgIpc) is 2.58. The number of anilines is 1. The fourth-order valence-electron chi connectivity index (χ4n) is 3.20. The summed E-state index contributed by atoms with van der Waals surface area (Å²) in [5.74, 6) is 0.473. The number of hydrogen-bond acceptors (Lipinski definition) is 4. The van der Waals surface area contributed by atoms with Crippen molar-refractivity contribution in [2.75, 3.05) is 31.6 Å². The van der Waals surface area contributed by atoms with Gasteiger partial charge in [-0.05, 0) is 38.9 Å². The van der Waals surface area contributed by atoms with Gasteiger partial charge in [0.15, 0.2) is 6.10 Å². The van der Waals surface area contributed by atoms with Crippen LogP contribution in [0.1, 0.15) is 19.8 Å². The summed E-state index contributed by atoms with van der Waals surface area (Å²) in [5.41, 5.74) is 0.672. The molecule has 1 saturated heterocycles. The van der Waals surface area contributed by atoms with E-state index in [2.05, 4.69) is 5.32 Å². The molecule has 6 nitrogen and oxygen atoms in total. The molecule has 2 amide bonds. The Morgan fingerprint density at radius 2 is 2.17 bits per heavy atom. The summed E-state index contributed by atoms with van der Waals surface area (Å²) in [4.78, 5) is 28.5. The lowest BCUT2D eigenvalue weighted by Gasteiger charge is -2.36. The van der Waals surface area contributed by atoms with E-state index in [0.717, 1.165) is 19.4 Å². The molecular weight excluding hydrogens is 294 g/mol. The third kappa shape index (κ3) is 3.17. The highest BCUT2D eigenvalue weighted by atomic mass is 16.5. The number of likely N-dealkylation sites (tertiary alicyclic amines) is 1. The highest BCUT2D eigenvalue weighted by Gasteiger charge is 2.34. The van der Waals surface area contributed by atoms with Gasteiger partial charge in [0.1, 0.15) is 12.3 Å². The number of amides is 2. The number of ether oxygens (including phenoxy) is 1. The normalized spacial score (nSPS) is 24.2. The summed E-state index contributed by atoms with van der Waals surface area (Å²) < 4.78 is 5.61. The van der Waals surface area contributed by atoms with Crippen molar-refractivity contribution in [1.82, 2.24) is 10.2 Å². The monoisotopic (exact) mass is 317 g/mol. The van der Waals surface area contributed by atoms with Crippen LogP contribution in [-0.4, -0.2) is 55.5 Å². The molecule has 0 radical (unpaired) electrons. The molecule has 0 saturated carbocycles. The summed E-state index contributed by atoms with van der Waals surface area (Å²) in [6.07, 6.45) is 1.50. The Balaban J connectivity index is 1.76. The number of hydrogen-bond donors (Lipinski definition) is 1. The predicted octanol–water partition coefficient (Wildman–Crippen LogP) is 1.01. The first-order chi connectivity index (χ1) is 11.1. The summed E-state index contributed by atoms with van der Waals surface area (Å²) in [6, 6.07) is 7.69. The van der Waals surface area contributed by atoms with Gasteiger partial charge in [0.2, 0.25) is 5.91 Å². The van der Waals surface area contributed by atoms with E-state index < -0.39 is 6.10 Å². The van der Waals surface area contributed by atoms with Gasteiger partial charge in [-0.25, -0.2) is 0 Å². The van der Waals surface area contributed by atoms with Gasteiger partial charge in [-0.3, -0.25) is 14.5 Å². The van der Waals surface area contributed by atoms with Crippen molar-refractivity contribution in [1.29, 1.82) is 0 Å². The van der Waals surface area contributed by atoms with Crippen LogP contribution in [0.25, 0.3) is 0 Å². The molecule has 0 bridgehead atoms. The van der Waals surface area contributed by atoms with Crippen molar-refractivity contribution in [2.45, 2.75) is 31.9 Å². The van der Waals surface area contributed by atoms with Gasteiger partial charge in [-0.1, -0.05) is 12.1 Å². The number of benzene rings is 1. The van der Waals surface area contributed by atoms with E-state index in [-0.39, 0.29) is 18.4 Å². The van der Waals surface area contributed by atoms with Crippen LogP contribution in [0.2, 0.25) is 0 Å². The number of nitrogens with one attached hydrogen (secondary N) is 1. The molecule has 3 rings (SSSR count). The van der Waals surface area contributed by atoms with Crippen LogP contribution in [0.4, 0.5) is 5.69 Å². The van der Waals surface area contributed by atoms with E-state index in [4.69, 9.17) is 4.74 Å². The van der Waals surface area contributed by atoms with Gasteiger partial charge < -0.3 is 15.0 Å². The number of carbonyl (C=O) groups excluding carboxylic acids is 2. The van der Waals surface area contributed by atoms with Crippen LogP contribution in [0.3, 0.4) is 0 Å². The predicted molar refractivity (Wildman–Crippen MR) is 87.5 cm³/mol. The summed E-state index contributed by atoms with van der Waals surface area (Å²) in [5, 5.41) is 3.23. The topological polar surface area (TPSA) is 61.9 Å². The number of carbonyl (C=O) groups is 2. The third-order valence-electron chi connectivity index (χ3n) is 4.55. The Labute approximate surface area is 136 Å². The van der Waals surface area contributed by atoms with Crippen molar-refractivity contribution in [3.8, 4) is 5.75 Å². The number of nitrogens with zero attached hydrogens (tertiary/aromatic N) is 2. The molecule has 2 atom stereocenters. The highest BCUT2D eigenvalue weighted by molar-refractivity contribution is 6.03. The maximum atomic E-state index is 12.7. The second kappa shape index (κ2) is 6.58. The number of likely N-dealkylation sites (N-methyl/N-ethyl adjacent to an activating group) is 1. The number of piperidine rings is 1. The van der Waals surface area contributed by atoms with Crippen LogP contribution in [0.15, 0.2) is 24.3 Å². The van der Waals surface area contributed by atoms with E-state index in [1.165, 1.54) is 0 Å². The molecule has 0 aromatic heterocycles. The van der Waals surface area contributed by atoms with Gasteiger partial charge in [0.25, 0.3) is 5.91 Å². The molecule has 2 heterocycles. The summed E-state index contributed by atoms with van der Waals surface area (Å²) in [6.45, 7) is 3.24.